The van der Waals surface area contributed by atoms with Crippen LogP contribution in [0, 0.1) is 24.7 Å². The lowest BCUT2D eigenvalue weighted by Gasteiger charge is -2.56. The van der Waals surface area contributed by atoms with Crippen molar-refractivity contribution in [2.24, 2.45) is 17.8 Å². The highest BCUT2D eigenvalue weighted by molar-refractivity contribution is 5.21. The van der Waals surface area contributed by atoms with Crippen LogP contribution in [0.4, 0.5) is 0 Å². The lowest BCUT2D eigenvalue weighted by atomic mass is 9.49. The summed E-state index contributed by atoms with van der Waals surface area (Å²) in [6, 6.07) is 0. The van der Waals surface area contributed by atoms with Crippen LogP contribution in [0.5, 0.6) is 0 Å². The SMILES string of the molecule is Cc1cnc(C23CC4CC(CC(C4)C2)C3)cn1. The molecule has 90 valence electrons. The minimum absolute atomic E-state index is 0.412. The number of hydrogen-bond acceptors (Lipinski definition) is 2. The van der Waals surface area contributed by atoms with Gasteiger partial charge in [0.25, 0.3) is 0 Å². The third-order valence-electron chi connectivity index (χ3n) is 5.36. The van der Waals surface area contributed by atoms with E-state index < -0.39 is 0 Å². The Labute approximate surface area is 103 Å². The van der Waals surface area contributed by atoms with Crippen molar-refractivity contribution in [2.75, 3.05) is 0 Å². The molecule has 1 heterocycles. The maximum absolute atomic E-state index is 4.71. The van der Waals surface area contributed by atoms with E-state index in [1.54, 1.807) is 0 Å². The van der Waals surface area contributed by atoms with E-state index in [2.05, 4.69) is 11.2 Å². The fourth-order valence-electron chi connectivity index (χ4n) is 5.09. The van der Waals surface area contributed by atoms with Crippen molar-refractivity contribution in [3.05, 3.63) is 23.8 Å². The number of nitrogens with zero attached hydrogens (tertiary/aromatic N) is 2. The first-order chi connectivity index (χ1) is 8.23. The molecule has 4 aliphatic carbocycles. The van der Waals surface area contributed by atoms with Crippen molar-refractivity contribution in [3.8, 4) is 0 Å². The number of hydrogen-bond donors (Lipinski definition) is 0. The molecule has 0 aliphatic heterocycles. The van der Waals surface area contributed by atoms with Crippen LogP contribution >= 0.6 is 0 Å². The molecule has 4 saturated carbocycles. The average molecular weight is 228 g/mol. The van der Waals surface area contributed by atoms with E-state index in [4.69, 9.17) is 4.98 Å². The lowest BCUT2D eigenvalue weighted by molar-refractivity contribution is -0.00738. The van der Waals surface area contributed by atoms with Gasteiger partial charge in [0, 0.05) is 17.8 Å². The lowest BCUT2D eigenvalue weighted by Crippen LogP contribution is -2.49. The molecule has 0 saturated heterocycles. The van der Waals surface area contributed by atoms with Gasteiger partial charge in [-0.15, -0.1) is 0 Å². The van der Waals surface area contributed by atoms with Gasteiger partial charge in [0.1, 0.15) is 0 Å². The van der Waals surface area contributed by atoms with E-state index >= 15 is 0 Å². The Morgan fingerprint density at radius 3 is 2.00 bits per heavy atom. The quantitative estimate of drug-likeness (QED) is 0.737. The second-order valence-corrected chi connectivity index (χ2v) is 6.74. The molecule has 2 nitrogen and oxygen atoms in total. The highest BCUT2D eigenvalue weighted by atomic mass is 14.8. The molecule has 5 rings (SSSR count). The standard InChI is InChI=1S/C15H20N2/c1-10-8-17-14(9-16-10)15-5-11-2-12(6-15)4-13(3-11)7-15/h8-9,11-13H,2-7H2,1H3. The molecule has 4 bridgehead atoms. The molecule has 17 heavy (non-hydrogen) atoms. The van der Waals surface area contributed by atoms with E-state index in [-0.39, 0.29) is 0 Å². The van der Waals surface area contributed by atoms with Gasteiger partial charge in [-0.3, -0.25) is 9.97 Å². The molecule has 0 aromatic carbocycles. The van der Waals surface area contributed by atoms with E-state index in [0.29, 0.717) is 5.41 Å². The molecular weight excluding hydrogens is 208 g/mol. The molecule has 1 aromatic rings. The van der Waals surface area contributed by atoms with Crippen LogP contribution in [0.3, 0.4) is 0 Å². The number of aromatic nitrogens is 2. The van der Waals surface area contributed by atoms with Crippen molar-refractivity contribution in [1.82, 2.24) is 9.97 Å². The van der Waals surface area contributed by atoms with Crippen LogP contribution in [0.1, 0.15) is 49.9 Å². The normalized spacial score (nSPS) is 43.0. The molecule has 0 spiro atoms. The highest BCUT2D eigenvalue weighted by Crippen LogP contribution is 2.60. The molecule has 2 heteroatoms. The monoisotopic (exact) mass is 228 g/mol. The van der Waals surface area contributed by atoms with Crippen molar-refractivity contribution in [2.45, 2.75) is 50.9 Å². The molecular formula is C15H20N2. The van der Waals surface area contributed by atoms with E-state index in [0.717, 1.165) is 23.4 Å². The summed E-state index contributed by atoms with van der Waals surface area (Å²) in [5, 5.41) is 0. The van der Waals surface area contributed by atoms with Gasteiger partial charge in [-0.2, -0.15) is 0 Å². The summed E-state index contributed by atoms with van der Waals surface area (Å²) in [6.45, 7) is 2.02. The third-order valence-corrected chi connectivity index (χ3v) is 5.36. The van der Waals surface area contributed by atoms with Crippen LogP contribution in [0.25, 0.3) is 0 Å². The second-order valence-electron chi connectivity index (χ2n) is 6.74. The van der Waals surface area contributed by atoms with Crippen molar-refractivity contribution in [3.63, 3.8) is 0 Å². The molecule has 0 atom stereocenters. The zero-order valence-corrected chi connectivity index (χ0v) is 10.5. The predicted molar refractivity (Wildman–Crippen MR) is 66.6 cm³/mol. The molecule has 0 N–H and O–H groups in total. The van der Waals surface area contributed by atoms with E-state index in [1.807, 2.05) is 13.1 Å². The summed E-state index contributed by atoms with van der Waals surface area (Å²) in [5.74, 6) is 2.97. The van der Waals surface area contributed by atoms with Crippen LogP contribution < -0.4 is 0 Å². The predicted octanol–water partition coefficient (Wildman–Crippen LogP) is 3.25. The van der Waals surface area contributed by atoms with Gasteiger partial charge < -0.3 is 0 Å². The fraction of sp³-hybridized carbons (Fsp3) is 0.733. The largest absolute Gasteiger partial charge is 0.258 e. The first kappa shape index (κ1) is 10.0. The van der Waals surface area contributed by atoms with Crippen molar-refractivity contribution < 1.29 is 0 Å². The van der Waals surface area contributed by atoms with Gasteiger partial charge >= 0.3 is 0 Å². The first-order valence-corrected chi connectivity index (χ1v) is 7.03. The molecule has 4 fully saturated rings. The molecule has 0 unspecified atom stereocenters. The van der Waals surface area contributed by atoms with Gasteiger partial charge in [0.2, 0.25) is 0 Å². The van der Waals surface area contributed by atoms with Crippen LogP contribution in [0.2, 0.25) is 0 Å². The maximum Gasteiger partial charge on any atom is 0.0648 e. The minimum atomic E-state index is 0.412. The third kappa shape index (κ3) is 1.46. The Morgan fingerprint density at radius 1 is 0.941 bits per heavy atom. The summed E-state index contributed by atoms with van der Waals surface area (Å²) < 4.78 is 0. The number of rotatable bonds is 1. The summed E-state index contributed by atoms with van der Waals surface area (Å²) in [4.78, 5) is 9.18. The molecule has 4 aliphatic rings. The Morgan fingerprint density at radius 2 is 1.53 bits per heavy atom. The minimum Gasteiger partial charge on any atom is -0.258 e. The Balaban J connectivity index is 1.74. The van der Waals surface area contributed by atoms with Crippen LogP contribution in [0.15, 0.2) is 12.4 Å². The second kappa shape index (κ2) is 3.30. The van der Waals surface area contributed by atoms with Gasteiger partial charge in [0.15, 0.2) is 0 Å². The van der Waals surface area contributed by atoms with Gasteiger partial charge in [0.05, 0.1) is 11.4 Å². The smallest absolute Gasteiger partial charge is 0.0648 e. The zero-order chi connectivity index (χ0) is 11.5. The summed E-state index contributed by atoms with van der Waals surface area (Å²) >= 11 is 0. The van der Waals surface area contributed by atoms with Gasteiger partial charge in [-0.05, 0) is 63.2 Å². The molecule has 0 amide bonds. The van der Waals surface area contributed by atoms with Crippen molar-refractivity contribution >= 4 is 0 Å². The van der Waals surface area contributed by atoms with Crippen LogP contribution in [-0.2, 0) is 5.41 Å². The Bertz CT molecular complexity index is 399. The summed E-state index contributed by atoms with van der Waals surface area (Å²) in [7, 11) is 0. The molecule has 1 aromatic heterocycles. The Kier molecular flexibility index (Phi) is 1.95. The number of aryl methyl sites for hydroxylation is 1. The van der Waals surface area contributed by atoms with Crippen LogP contribution in [-0.4, -0.2) is 9.97 Å². The first-order valence-electron chi connectivity index (χ1n) is 7.03. The Hall–Kier alpha value is -0.920. The summed E-state index contributed by atoms with van der Waals surface area (Å²) in [6.07, 6.45) is 12.7. The van der Waals surface area contributed by atoms with Gasteiger partial charge in [-0.25, -0.2) is 0 Å². The van der Waals surface area contributed by atoms with Gasteiger partial charge in [-0.1, -0.05) is 0 Å². The fourth-order valence-corrected chi connectivity index (χ4v) is 5.09. The van der Waals surface area contributed by atoms with E-state index in [9.17, 15) is 0 Å². The van der Waals surface area contributed by atoms with Crippen molar-refractivity contribution in [1.29, 1.82) is 0 Å². The summed E-state index contributed by atoms with van der Waals surface area (Å²) in [5.41, 5.74) is 2.75. The zero-order valence-electron chi connectivity index (χ0n) is 10.5. The highest BCUT2D eigenvalue weighted by Gasteiger charge is 2.52. The molecule has 0 radical (unpaired) electrons. The topological polar surface area (TPSA) is 25.8 Å². The maximum atomic E-state index is 4.71. The average Bonchev–Trinajstić information content (AvgIpc) is 2.27. The van der Waals surface area contributed by atoms with E-state index in [1.165, 1.54) is 44.2 Å².